The van der Waals surface area contributed by atoms with Crippen LogP contribution >= 0.6 is 0 Å². The van der Waals surface area contributed by atoms with Crippen molar-refractivity contribution in [2.24, 2.45) is 0 Å². The summed E-state index contributed by atoms with van der Waals surface area (Å²) >= 11 is 0. The van der Waals surface area contributed by atoms with Gasteiger partial charge < -0.3 is 10.1 Å². The van der Waals surface area contributed by atoms with Gasteiger partial charge >= 0.3 is 0 Å². The van der Waals surface area contributed by atoms with Crippen molar-refractivity contribution in [3.8, 4) is 5.75 Å². The molecule has 0 unspecified atom stereocenters. The van der Waals surface area contributed by atoms with Crippen LogP contribution in [0.15, 0.2) is 12.1 Å². The number of phenols is 1. The minimum Gasteiger partial charge on any atom is -0.505 e. The van der Waals surface area contributed by atoms with Gasteiger partial charge in [0.25, 0.3) is 0 Å². The molecule has 0 spiro atoms. The number of nitrogens with one attached hydrogen (secondary N) is 1. The second-order valence-electron chi connectivity index (χ2n) is 4.09. The Labute approximate surface area is 89.2 Å². The molecule has 3 heteroatoms. The highest BCUT2D eigenvalue weighted by atomic mass is 16.3. The zero-order chi connectivity index (χ0) is 11.0. The lowest BCUT2D eigenvalue weighted by molar-refractivity contribution is 0.470. The predicted octanol–water partition coefficient (Wildman–Crippen LogP) is 2.95. The number of aromatic amines is 1. The lowest BCUT2D eigenvalue weighted by atomic mass is 10.0. The Kier molecular flexibility index (Phi) is 2.39. The maximum atomic E-state index is 10.1. The largest absolute Gasteiger partial charge is 0.505 e. The minimum absolute atomic E-state index is 0.322. The van der Waals surface area contributed by atoms with Gasteiger partial charge in [-0.2, -0.15) is 0 Å². The van der Waals surface area contributed by atoms with E-state index in [9.17, 15) is 5.11 Å². The van der Waals surface area contributed by atoms with Crippen LogP contribution in [0.25, 0.3) is 11.0 Å². The molecule has 0 fully saturated rings. The van der Waals surface area contributed by atoms with Crippen molar-refractivity contribution in [3.63, 3.8) is 0 Å². The summed E-state index contributed by atoms with van der Waals surface area (Å²) in [5.74, 6) is 1.58. The van der Waals surface area contributed by atoms with E-state index in [1.807, 2.05) is 19.1 Å². The van der Waals surface area contributed by atoms with Gasteiger partial charge in [-0.05, 0) is 17.5 Å². The molecule has 1 heterocycles. The quantitative estimate of drug-likeness (QED) is 0.790. The standard InChI is InChI=1S/C12H16N2O/c1-4-10-13-9-6-5-8(7(2)3)12(15)11(9)14-10/h5-7,15H,4H2,1-3H3,(H,13,14). The van der Waals surface area contributed by atoms with E-state index in [0.29, 0.717) is 11.7 Å². The van der Waals surface area contributed by atoms with Crippen LogP contribution in [0.4, 0.5) is 0 Å². The Morgan fingerprint density at radius 2 is 2.13 bits per heavy atom. The average molecular weight is 204 g/mol. The van der Waals surface area contributed by atoms with Crippen molar-refractivity contribution >= 4 is 11.0 Å². The Morgan fingerprint density at radius 1 is 1.40 bits per heavy atom. The van der Waals surface area contributed by atoms with Crippen LogP contribution in [0.3, 0.4) is 0 Å². The van der Waals surface area contributed by atoms with Crippen molar-refractivity contribution in [2.75, 3.05) is 0 Å². The number of benzene rings is 1. The lowest BCUT2D eigenvalue weighted by Crippen LogP contribution is -1.88. The first-order valence-electron chi connectivity index (χ1n) is 5.34. The summed E-state index contributed by atoms with van der Waals surface area (Å²) in [5, 5.41) is 10.1. The van der Waals surface area contributed by atoms with Gasteiger partial charge in [0.15, 0.2) is 0 Å². The molecule has 2 rings (SSSR count). The molecule has 0 amide bonds. The Balaban J connectivity index is 2.67. The lowest BCUT2D eigenvalue weighted by Gasteiger charge is -2.07. The Morgan fingerprint density at radius 3 is 2.73 bits per heavy atom. The maximum Gasteiger partial charge on any atom is 0.144 e. The molecule has 0 bridgehead atoms. The van der Waals surface area contributed by atoms with E-state index in [-0.39, 0.29) is 0 Å². The Bertz CT molecular complexity index is 486. The molecule has 80 valence electrons. The van der Waals surface area contributed by atoms with Crippen molar-refractivity contribution in [1.82, 2.24) is 9.97 Å². The van der Waals surface area contributed by atoms with E-state index in [0.717, 1.165) is 28.8 Å². The molecule has 0 radical (unpaired) electrons. The molecular weight excluding hydrogens is 188 g/mol. The van der Waals surface area contributed by atoms with E-state index >= 15 is 0 Å². The molecule has 0 aliphatic carbocycles. The highest BCUT2D eigenvalue weighted by Gasteiger charge is 2.12. The minimum atomic E-state index is 0.322. The van der Waals surface area contributed by atoms with Crippen molar-refractivity contribution in [3.05, 3.63) is 23.5 Å². The van der Waals surface area contributed by atoms with Crippen LogP contribution in [-0.2, 0) is 6.42 Å². The summed E-state index contributed by atoms with van der Waals surface area (Å²) in [6, 6.07) is 3.91. The molecule has 15 heavy (non-hydrogen) atoms. The molecule has 0 saturated heterocycles. The monoisotopic (exact) mass is 204 g/mol. The fourth-order valence-electron chi connectivity index (χ4n) is 1.76. The van der Waals surface area contributed by atoms with Crippen LogP contribution in [0, 0.1) is 0 Å². The van der Waals surface area contributed by atoms with Crippen LogP contribution < -0.4 is 0 Å². The summed E-state index contributed by atoms with van der Waals surface area (Å²) in [7, 11) is 0. The van der Waals surface area contributed by atoms with E-state index in [1.54, 1.807) is 0 Å². The van der Waals surface area contributed by atoms with Crippen LogP contribution in [0.2, 0.25) is 0 Å². The second-order valence-corrected chi connectivity index (χ2v) is 4.09. The maximum absolute atomic E-state index is 10.1. The zero-order valence-corrected chi connectivity index (χ0v) is 9.33. The first-order valence-corrected chi connectivity index (χ1v) is 5.34. The van der Waals surface area contributed by atoms with Crippen LogP contribution in [-0.4, -0.2) is 15.1 Å². The highest BCUT2D eigenvalue weighted by Crippen LogP contribution is 2.31. The highest BCUT2D eigenvalue weighted by molar-refractivity contribution is 5.83. The second kappa shape index (κ2) is 3.57. The zero-order valence-electron chi connectivity index (χ0n) is 9.33. The Hall–Kier alpha value is -1.51. The number of rotatable bonds is 2. The molecule has 3 nitrogen and oxygen atoms in total. The van der Waals surface area contributed by atoms with Gasteiger partial charge in [0, 0.05) is 6.42 Å². The first-order chi connectivity index (χ1) is 7.13. The molecule has 0 saturated carbocycles. The van der Waals surface area contributed by atoms with E-state index in [2.05, 4.69) is 23.8 Å². The summed E-state index contributed by atoms with van der Waals surface area (Å²) in [6.07, 6.45) is 0.852. The molecule has 1 aromatic heterocycles. The fraction of sp³-hybridized carbons (Fsp3) is 0.417. The third-order valence-electron chi connectivity index (χ3n) is 2.67. The molecule has 2 N–H and O–H groups in total. The van der Waals surface area contributed by atoms with Gasteiger partial charge in [-0.25, -0.2) is 4.98 Å². The fourth-order valence-corrected chi connectivity index (χ4v) is 1.76. The molecule has 0 aliphatic heterocycles. The first kappa shape index (κ1) is 10.0. The average Bonchev–Trinajstić information content (AvgIpc) is 2.61. The smallest absolute Gasteiger partial charge is 0.144 e. The molecule has 2 aromatic rings. The summed E-state index contributed by atoms with van der Waals surface area (Å²) in [4.78, 5) is 7.52. The molecule has 1 aromatic carbocycles. The summed E-state index contributed by atoms with van der Waals surface area (Å²) < 4.78 is 0. The van der Waals surface area contributed by atoms with Crippen molar-refractivity contribution < 1.29 is 5.11 Å². The van der Waals surface area contributed by atoms with Crippen LogP contribution in [0.5, 0.6) is 5.75 Å². The van der Waals surface area contributed by atoms with Gasteiger partial charge in [0.05, 0.1) is 5.52 Å². The summed E-state index contributed by atoms with van der Waals surface area (Å²) in [5.41, 5.74) is 2.57. The van der Waals surface area contributed by atoms with E-state index in [1.165, 1.54) is 0 Å². The molecular formula is C12H16N2O. The number of H-pyrrole nitrogens is 1. The number of imidazole rings is 1. The van der Waals surface area contributed by atoms with Gasteiger partial charge in [-0.1, -0.05) is 26.8 Å². The van der Waals surface area contributed by atoms with Crippen molar-refractivity contribution in [2.45, 2.75) is 33.1 Å². The third kappa shape index (κ3) is 1.58. The molecule has 0 aliphatic rings. The topological polar surface area (TPSA) is 48.9 Å². The van der Waals surface area contributed by atoms with Gasteiger partial charge in [0.2, 0.25) is 0 Å². The summed E-state index contributed by atoms with van der Waals surface area (Å²) in [6.45, 7) is 6.17. The molecule has 0 atom stereocenters. The van der Waals surface area contributed by atoms with Gasteiger partial charge in [-0.3, -0.25) is 0 Å². The van der Waals surface area contributed by atoms with E-state index in [4.69, 9.17) is 0 Å². The SMILES string of the molecule is CCc1nc2ccc(C(C)C)c(O)c2[nH]1. The number of hydrogen-bond acceptors (Lipinski definition) is 2. The van der Waals surface area contributed by atoms with Gasteiger partial charge in [-0.15, -0.1) is 0 Å². The normalized spacial score (nSPS) is 11.5. The van der Waals surface area contributed by atoms with Crippen molar-refractivity contribution in [1.29, 1.82) is 0 Å². The number of aromatic nitrogens is 2. The number of fused-ring (bicyclic) bond motifs is 1. The number of hydrogen-bond donors (Lipinski definition) is 2. The number of aromatic hydroxyl groups is 1. The number of phenolic OH excluding ortho intramolecular Hbond substituents is 1. The van der Waals surface area contributed by atoms with Crippen LogP contribution in [0.1, 0.15) is 38.1 Å². The predicted molar refractivity (Wildman–Crippen MR) is 61.2 cm³/mol. The van der Waals surface area contributed by atoms with Gasteiger partial charge in [0.1, 0.15) is 17.1 Å². The number of aryl methyl sites for hydroxylation is 1. The van der Waals surface area contributed by atoms with E-state index < -0.39 is 0 Å². The number of nitrogens with zero attached hydrogens (tertiary/aromatic N) is 1. The third-order valence-corrected chi connectivity index (χ3v) is 2.67.